The number of halogens is 1. The third-order valence-corrected chi connectivity index (χ3v) is 2.02. The molecule has 0 atom stereocenters. The molecule has 0 N–H and O–H groups in total. The fourth-order valence-corrected chi connectivity index (χ4v) is 1.17. The Hall–Kier alpha value is -1.54. The molecule has 0 aliphatic heterocycles. The van der Waals surface area contributed by atoms with Crippen LogP contribution in [0, 0.1) is 17.0 Å². The first-order chi connectivity index (χ1) is 6.92. The van der Waals surface area contributed by atoms with Crippen LogP contribution in [-0.2, 0) is 9.84 Å². The molecular weight excluding hydrogens is 219 g/mol. The van der Waals surface area contributed by atoms with Crippen LogP contribution in [0.1, 0.15) is 5.56 Å². The topological polar surface area (TPSA) is 43.4 Å². The van der Waals surface area contributed by atoms with Crippen LogP contribution in [0.25, 0.3) is 0 Å². The zero-order valence-corrected chi connectivity index (χ0v) is 9.06. The van der Waals surface area contributed by atoms with E-state index in [4.69, 9.17) is 4.74 Å². The number of hydrogen-bond donors (Lipinski definition) is 0. The maximum absolute atomic E-state index is 13.1. The van der Waals surface area contributed by atoms with E-state index in [1.807, 2.05) is 5.25 Å². The predicted octanol–water partition coefficient (Wildman–Crippen LogP) is 1.19. The van der Waals surface area contributed by atoms with E-state index in [9.17, 15) is 12.8 Å². The third kappa shape index (κ3) is 3.60. The van der Waals surface area contributed by atoms with Gasteiger partial charge >= 0.3 is 0 Å². The highest BCUT2D eigenvalue weighted by Gasteiger charge is 2.01. The van der Waals surface area contributed by atoms with Crippen LogP contribution in [0.15, 0.2) is 18.2 Å². The molecule has 0 bridgehead atoms. The first-order valence-electron chi connectivity index (χ1n) is 3.99. The van der Waals surface area contributed by atoms with Gasteiger partial charge in [0.2, 0.25) is 9.84 Å². The quantitative estimate of drug-likeness (QED) is 0.678. The molecule has 0 spiro atoms. The molecule has 1 aromatic carbocycles. The summed E-state index contributed by atoms with van der Waals surface area (Å²) in [5.74, 6) is 2.08. The van der Waals surface area contributed by atoms with E-state index >= 15 is 0 Å². The van der Waals surface area contributed by atoms with E-state index in [0.29, 0.717) is 5.75 Å². The maximum atomic E-state index is 13.1. The van der Waals surface area contributed by atoms with Crippen molar-refractivity contribution in [1.82, 2.24) is 0 Å². The lowest BCUT2D eigenvalue weighted by Gasteiger charge is -1.99. The van der Waals surface area contributed by atoms with Gasteiger partial charge in [-0.2, -0.15) is 0 Å². The van der Waals surface area contributed by atoms with Crippen molar-refractivity contribution in [2.24, 2.45) is 0 Å². The number of sulfone groups is 1. The minimum Gasteiger partial charge on any atom is -0.497 e. The van der Waals surface area contributed by atoms with Gasteiger partial charge in [0, 0.05) is 5.25 Å². The van der Waals surface area contributed by atoms with E-state index in [0.717, 1.165) is 6.26 Å². The molecule has 0 aliphatic rings. The van der Waals surface area contributed by atoms with E-state index in [-0.39, 0.29) is 5.56 Å². The Labute approximate surface area is 87.8 Å². The van der Waals surface area contributed by atoms with Crippen LogP contribution in [0.3, 0.4) is 0 Å². The van der Waals surface area contributed by atoms with Crippen LogP contribution in [0.2, 0.25) is 0 Å². The molecule has 1 rings (SSSR count). The molecule has 15 heavy (non-hydrogen) atoms. The maximum Gasteiger partial charge on any atom is 0.214 e. The molecule has 0 aromatic heterocycles. The Morgan fingerprint density at radius 3 is 2.60 bits per heavy atom. The van der Waals surface area contributed by atoms with Crippen molar-refractivity contribution in [2.45, 2.75) is 0 Å². The summed E-state index contributed by atoms with van der Waals surface area (Å²) in [7, 11) is -2.00. The van der Waals surface area contributed by atoms with Crippen molar-refractivity contribution in [3.05, 3.63) is 29.6 Å². The summed E-state index contributed by atoms with van der Waals surface area (Å²) >= 11 is 0. The molecule has 0 aliphatic carbocycles. The van der Waals surface area contributed by atoms with Gasteiger partial charge in [0.25, 0.3) is 0 Å². The van der Waals surface area contributed by atoms with Crippen LogP contribution >= 0.6 is 0 Å². The van der Waals surface area contributed by atoms with Crippen LogP contribution < -0.4 is 4.74 Å². The number of ether oxygens (including phenoxy) is 1. The Morgan fingerprint density at radius 2 is 2.07 bits per heavy atom. The Balaban J connectivity index is 3.18. The summed E-state index contributed by atoms with van der Waals surface area (Å²) < 4.78 is 39.5. The molecule has 0 fully saturated rings. The second-order valence-electron chi connectivity index (χ2n) is 2.85. The Kier molecular flexibility index (Phi) is 3.32. The van der Waals surface area contributed by atoms with Crippen LogP contribution in [0.4, 0.5) is 4.39 Å². The lowest BCUT2D eigenvalue weighted by molar-refractivity contribution is 0.413. The standard InChI is InChI=1S/C10H9FO3S/c1-14-9-3-4-10(11)8(7-9)5-6-15(2,12)13/h3-4,7H,1-2H3. The fraction of sp³-hybridized carbons (Fsp3) is 0.200. The monoisotopic (exact) mass is 228 g/mol. The summed E-state index contributed by atoms with van der Waals surface area (Å²) in [5.41, 5.74) is -0.000208. The largest absolute Gasteiger partial charge is 0.497 e. The van der Waals surface area contributed by atoms with E-state index in [2.05, 4.69) is 5.92 Å². The van der Waals surface area contributed by atoms with Crippen molar-refractivity contribution >= 4 is 9.84 Å². The molecule has 0 unspecified atom stereocenters. The molecule has 0 saturated carbocycles. The molecule has 0 radical (unpaired) electrons. The highest BCUT2D eigenvalue weighted by molar-refractivity contribution is 7.95. The lowest BCUT2D eigenvalue weighted by Crippen LogP contribution is -1.91. The van der Waals surface area contributed by atoms with Gasteiger partial charge in [-0.15, -0.1) is 0 Å². The van der Waals surface area contributed by atoms with Gasteiger partial charge in [0.1, 0.15) is 11.6 Å². The number of hydrogen-bond acceptors (Lipinski definition) is 3. The van der Waals surface area contributed by atoms with Crippen molar-refractivity contribution < 1.29 is 17.5 Å². The van der Waals surface area contributed by atoms with Crippen molar-refractivity contribution in [1.29, 1.82) is 0 Å². The van der Waals surface area contributed by atoms with E-state index in [1.165, 1.54) is 25.3 Å². The van der Waals surface area contributed by atoms with Gasteiger partial charge in [-0.25, -0.2) is 12.8 Å². The number of methoxy groups -OCH3 is 1. The molecule has 0 amide bonds. The normalized spacial score (nSPS) is 10.3. The first-order valence-corrected chi connectivity index (χ1v) is 5.88. The molecule has 5 heteroatoms. The van der Waals surface area contributed by atoms with Gasteiger partial charge in [-0.05, 0) is 24.1 Å². The Morgan fingerprint density at radius 1 is 1.40 bits per heavy atom. The highest BCUT2D eigenvalue weighted by atomic mass is 32.2. The first kappa shape index (κ1) is 11.5. The van der Waals surface area contributed by atoms with Gasteiger partial charge < -0.3 is 4.74 Å². The molecule has 0 heterocycles. The summed E-state index contributed by atoms with van der Waals surface area (Å²) in [6.45, 7) is 0. The summed E-state index contributed by atoms with van der Waals surface area (Å²) in [6.07, 6.45) is 0.956. The molecular formula is C10H9FO3S. The smallest absolute Gasteiger partial charge is 0.214 e. The minimum absolute atomic E-state index is 0.000208. The molecule has 1 aromatic rings. The fourth-order valence-electron chi connectivity index (χ4n) is 0.875. The van der Waals surface area contributed by atoms with Gasteiger partial charge in [0.05, 0.1) is 18.9 Å². The molecule has 3 nitrogen and oxygen atoms in total. The zero-order chi connectivity index (χ0) is 11.5. The van der Waals surface area contributed by atoms with Crippen LogP contribution in [0.5, 0.6) is 5.75 Å². The van der Waals surface area contributed by atoms with Crippen molar-refractivity contribution in [3.63, 3.8) is 0 Å². The zero-order valence-electron chi connectivity index (χ0n) is 8.24. The van der Waals surface area contributed by atoms with E-state index in [1.54, 1.807) is 0 Å². The average molecular weight is 228 g/mol. The third-order valence-electron chi connectivity index (χ3n) is 1.54. The number of benzene rings is 1. The second-order valence-corrected chi connectivity index (χ2v) is 4.59. The predicted molar refractivity (Wildman–Crippen MR) is 54.7 cm³/mol. The summed E-state index contributed by atoms with van der Waals surface area (Å²) in [6, 6.07) is 3.94. The van der Waals surface area contributed by atoms with Crippen molar-refractivity contribution in [2.75, 3.05) is 13.4 Å². The van der Waals surface area contributed by atoms with Crippen molar-refractivity contribution in [3.8, 4) is 16.9 Å². The number of rotatable bonds is 1. The van der Waals surface area contributed by atoms with Gasteiger partial charge in [-0.1, -0.05) is 0 Å². The van der Waals surface area contributed by atoms with E-state index < -0.39 is 15.7 Å². The minimum atomic E-state index is -3.43. The van der Waals surface area contributed by atoms with Crippen LogP contribution in [-0.4, -0.2) is 21.8 Å². The lowest BCUT2D eigenvalue weighted by atomic mass is 10.2. The summed E-state index contributed by atoms with van der Waals surface area (Å²) in [4.78, 5) is 0. The second kappa shape index (κ2) is 4.32. The average Bonchev–Trinajstić information content (AvgIpc) is 2.15. The van der Waals surface area contributed by atoms with Gasteiger partial charge in [-0.3, -0.25) is 0 Å². The molecule has 80 valence electrons. The highest BCUT2D eigenvalue weighted by Crippen LogP contribution is 2.15. The summed E-state index contributed by atoms with van der Waals surface area (Å²) in [5, 5.41) is 1.96. The SMILES string of the molecule is COc1ccc(F)c(C#CS(C)(=O)=O)c1. The Bertz CT molecular complexity index is 523. The molecule has 0 saturated heterocycles. The van der Waals surface area contributed by atoms with Gasteiger partial charge in [0.15, 0.2) is 0 Å².